The van der Waals surface area contributed by atoms with Gasteiger partial charge in [-0.05, 0) is 29.8 Å². The molecule has 2 atom stereocenters. The van der Waals surface area contributed by atoms with E-state index in [2.05, 4.69) is 5.32 Å². The van der Waals surface area contributed by atoms with E-state index in [9.17, 15) is 14.3 Å². The number of rotatable bonds is 5. The fourth-order valence-electron chi connectivity index (χ4n) is 2.40. The third-order valence-corrected chi connectivity index (χ3v) is 3.61. The predicted octanol–water partition coefficient (Wildman–Crippen LogP) is 2.11. The molecule has 2 aromatic rings. The Bertz CT molecular complexity index is 616. The van der Waals surface area contributed by atoms with Crippen molar-refractivity contribution in [3.63, 3.8) is 0 Å². The average molecular weight is 302 g/mol. The van der Waals surface area contributed by atoms with E-state index in [1.165, 1.54) is 19.2 Å². The largest absolute Gasteiger partial charge is 0.381 e. The maximum Gasteiger partial charge on any atom is 0.251 e. The van der Waals surface area contributed by atoms with Crippen LogP contribution in [0.2, 0.25) is 0 Å². The van der Waals surface area contributed by atoms with Crippen molar-refractivity contribution in [3.8, 4) is 0 Å². The number of amides is 1. The molecule has 1 amide bonds. The number of halogens is 1. The number of hydrogen-bond donors (Lipinski definition) is 2. The van der Waals surface area contributed by atoms with E-state index in [1.807, 2.05) is 30.3 Å². The highest BCUT2D eigenvalue weighted by atomic mass is 19.1. The first kappa shape index (κ1) is 16.0. The molecule has 2 aromatic carbocycles. The Morgan fingerprint density at radius 2 is 1.73 bits per heavy atom. The van der Waals surface area contributed by atoms with Crippen LogP contribution in [0.3, 0.4) is 0 Å². The standard InChI is InChI=1S/C17H19FN2O2/c1-19-17(22)16(21)15(12-6-4-3-5-7-12)20(2)14-10-8-13(18)9-11-14/h3-11,15-16,21H,1-2H3,(H,19,22). The molecule has 116 valence electrons. The van der Waals surface area contributed by atoms with Crippen molar-refractivity contribution in [2.45, 2.75) is 12.1 Å². The Hall–Kier alpha value is -2.40. The average Bonchev–Trinajstić information content (AvgIpc) is 2.55. The number of nitrogens with one attached hydrogen (secondary N) is 1. The molecule has 22 heavy (non-hydrogen) atoms. The van der Waals surface area contributed by atoms with Gasteiger partial charge in [0.2, 0.25) is 0 Å². The second-order valence-corrected chi connectivity index (χ2v) is 5.00. The molecule has 0 saturated heterocycles. The number of nitrogens with zero attached hydrogens (tertiary/aromatic N) is 1. The van der Waals surface area contributed by atoms with Gasteiger partial charge < -0.3 is 15.3 Å². The van der Waals surface area contributed by atoms with Crippen molar-refractivity contribution in [1.29, 1.82) is 0 Å². The van der Waals surface area contributed by atoms with Gasteiger partial charge in [-0.3, -0.25) is 4.79 Å². The Labute approximate surface area is 129 Å². The summed E-state index contributed by atoms with van der Waals surface area (Å²) in [6.07, 6.45) is -1.25. The Morgan fingerprint density at radius 3 is 2.27 bits per heavy atom. The van der Waals surface area contributed by atoms with Crippen molar-refractivity contribution in [1.82, 2.24) is 5.32 Å². The van der Waals surface area contributed by atoms with Crippen molar-refractivity contribution >= 4 is 11.6 Å². The van der Waals surface area contributed by atoms with E-state index >= 15 is 0 Å². The monoisotopic (exact) mass is 302 g/mol. The molecule has 0 aliphatic carbocycles. The third kappa shape index (κ3) is 3.43. The van der Waals surface area contributed by atoms with Crippen LogP contribution in [-0.4, -0.2) is 31.2 Å². The van der Waals surface area contributed by atoms with Gasteiger partial charge in [-0.1, -0.05) is 30.3 Å². The molecule has 0 aliphatic rings. The minimum absolute atomic E-state index is 0.333. The lowest BCUT2D eigenvalue weighted by molar-refractivity contribution is -0.129. The van der Waals surface area contributed by atoms with Gasteiger partial charge >= 0.3 is 0 Å². The molecule has 0 saturated carbocycles. The molecule has 0 spiro atoms. The Kier molecular flexibility index (Phi) is 5.12. The minimum Gasteiger partial charge on any atom is -0.381 e. The molecule has 0 bridgehead atoms. The van der Waals surface area contributed by atoms with Crippen LogP contribution in [0.15, 0.2) is 54.6 Å². The topological polar surface area (TPSA) is 52.6 Å². The molecular formula is C17H19FN2O2. The number of carbonyl (C=O) groups excluding carboxylic acids is 1. The zero-order valence-corrected chi connectivity index (χ0v) is 12.5. The minimum atomic E-state index is -1.25. The molecule has 2 N–H and O–H groups in total. The first-order valence-corrected chi connectivity index (χ1v) is 6.97. The number of anilines is 1. The van der Waals surface area contributed by atoms with E-state index in [0.717, 1.165) is 5.56 Å². The Balaban J connectivity index is 2.39. The highest BCUT2D eigenvalue weighted by molar-refractivity contribution is 5.82. The van der Waals surface area contributed by atoms with Crippen LogP contribution in [0.5, 0.6) is 0 Å². The van der Waals surface area contributed by atoms with Gasteiger partial charge in [0.1, 0.15) is 5.82 Å². The van der Waals surface area contributed by atoms with Gasteiger partial charge in [0.25, 0.3) is 5.91 Å². The predicted molar refractivity (Wildman–Crippen MR) is 84.1 cm³/mol. The molecular weight excluding hydrogens is 283 g/mol. The number of benzene rings is 2. The van der Waals surface area contributed by atoms with Crippen molar-refractivity contribution in [3.05, 3.63) is 66.0 Å². The number of likely N-dealkylation sites (N-methyl/N-ethyl adjacent to an activating group) is 2. The summed E-state index contributed by atoms with van der Waals surface area (Å²) in [5.74, 6) is -0.803. The first-order chi connectivity index (χ1) is 10.5. The maximum absolute atomic E-state index is 13.1. The zero-order chi connectivity index (χ0) is 16.1. The molecule has 0 heterocycles. The number of aliphatic hydroxyl groups excluding tert-OH is 1. The quantitative estimate of drug-likeness (QED) is 0.889. The summed E-state index contributed by atoms with van der Waals surface area (Å²) in [5, 5.41) is 12.8. The number of carbonyl (C=O) groups is 1. The molecule has 0 aromatic heterocycles. The fraction of sp³-hybridized carbons (Fsp3) is 0.235. The lowest BCUT2D eigenvalue weighted by atomic mass is 9.98. The van der Waals surface area contributed by atoms with E-state index in [0.29, 0.717) is 5.69 Å². The first-order valence-electron chi connectivity index (χ1n) is 6.97. The molecule has 5 heteroatoms. The van der Waals surface area contributed by atoms with Crippen LogP contribution in [0.4, 0.5) is 10.1 Å². The van der Waals surface area contributed by atoms with Crippen LogP contribution < -0.4 is 10.2 Å². The van der Waals surface area contributed by atoms with Gasteiger partial charge in [0.05, 0.1) is 6.04 Å². The maximum atomic E-state index is 13.1. The van der Waals surface area contributed by atoms with Gasteiger partial charge in [0.15, 0.2) is 6.10 Å². The summed E-state index contributed by atoms with van der Waals surface area (Å²) in [4.78, 5) is 13.6. The van der Waals surface area contributed by atoms with E-state index in [-0.39, 0.29) is 5.82 Å². The van der Waals surface area contributed by atoms with Gasteiger partial charge in [-0.2, -0.15) is 0 Å². The van der Waals surface area contributed by atoms with Gasteiger partial charge in [-0.15, -0.1) is 0 Å². The molecule has 4 nitrogen and oxygen atoms in total. The van der Waals surface area contributed by atoms with E-state index < -0.39 is 18.1 Å². The fourth-order valence-corrected chi connectivity index (χ4v) is 2.40. The summed E-state index contributed by atoms with van der Waals surface area (Å²) in [7, 11) is 3.24. The molecule has 0 aliphatic heterocycles. The smallest absolute Gasteiger partial charge is 0.251 e. The zero-order valence-electron chi connectivity index (χ0n) is 12.5. The van der Waals surface area contributed by atoms with E-state index in [1.54, 1.807) is 24.1 Å². The summed E-state index contributed by atoms with van der Waals surface area (Å²) >= 11 is 0. The van der Waals surface area contributed by atoms with Crippen LogP contribution >= 0.6 is 0 Å². The lowest BCUT2D eigenvalue weighted by Gasteiger charge is -2.33. The summed E-state index contributed by atoms with van der Waals surface area (Å²) in [6.45, 7) is 0. The summed E-state index contributed by atoms with van der Waals surface area (Å²) < 4.78 is 13.1. The SMILES string of the molecule is CNC(=O)C(O)C(c1ccccc1)N(C)c1ccc(F)cc1. The second-order valence-electron chi connectivity index (χ2n) is 5.00. The van der Waals surface area contributed by atoms with Crippen molar-refractivity contribution in [2.24, 2.45) is 0 Å². The molecule has 2 unspecified atom stereocenters. The third-order valence-electron chi connectivity index (χ3n) is 3.61. The lowest BCUT2D eigenvalue weighted by Crippen LogP contribution is -2.43. The number of aliphatic hydroxyl groups is 1. The van der Waals surface area contributed by atoms with Gasteiger partial charge in [-0.25, -0.2) is 4.39 Å². The van der Waals surface area contributed by atoms with Crippen molar-refractivity contribution < 1.29 is 14.3 Å². The second kappa shape index (κ2) is 7.04. The molecule has 2 rings (SSSR count). The van der Waals surface area contributed by atoms with Crippen LogP contribution in [0.1, 0.15) is 11.6 Å². The van der Waals surface area contributed by atoms with Gasteiger partial charge in [0, 0.05) is 19.8 Å². The Morgan fingerprint density at radius 1 is 1.14 bits per heavy atom. The highest BCUT2D eigenvalue weighted by Gasteiger charge is 2.30. The summed E-state index contributed by atoms with van der Waals surface area (Å²) in [6, 6.07) is 14.6. The van der Waals surface area contributed by atoms with Crippen LogP contribution in [0, 0.1) is 5.82 Å². The van der Waals surface area contributed by atoms with E-state index in [4.69, 9.17) is 0 Å². The highest BCUT2D eigenvalue weighted by Crippen LogP contribution is 2.28. The summed E-state index contributed by atoms with van der Waals surface area (Å²) in [5.41, 5.74) is 1.50. The van der Waals surface area contributed by atoms with Crippen molar-refractivity contribution in [2.75, 3.05) is 19.0 Å². The molecule has 0 radical (unpaired) electrons. The van der Waals surface area contributed by atoms with Crippen LogP contribution in [-0.2, 0) is 4.79 Å². The van der Waals surface area contributed by atoms with Crippen LogP contribution in [0.25, 0.3) is 0 Å². The normalized spacial score (nSPS) is 13.3. The number of hydrogen-bond acceptors (Lipinski definition) is 3. The molecule has 0 fully saturated rings.